The highest BCUT2D eigenvalue weighted by Gasteiger charge is 2.37. The fourth-order valence-corrected chi connectivity index (χ4v) is 3.44. The number of carbonyl (C=O) groups is 1. The van der Waals surface area contributed by atoms with Crippen LogP contribution in [0.3, 0.4) is 0 Å². The highest BCUT2D eigenvalue weighted by atomic mass is 16.1. The van der Waals surface area contributed by atoms with E-state index < -0.39 is 0 Å². The SMILES string of the molecule is C/C=C1/C(=O)C(c2ccc(CC)cc2C)=C2N=C(N(C)C)N=C2/C1=C/C. The molecule has 0 bridgehead atoms. The zero-order chi connectivity index (χ0) is 19.0. The number of aryl methyl sites for hydroxylation is 2. The van der Waals surface area contributed by atoms with Crippen LogP contribution in [-0.2, 0) is 11.2 Å². The number of aliphatic imine (C=N–C) groups is 2. The van der Waals surface area contributed by atoms with Crippen molar-refractivity contribution in [3.8, 4) is 0 Å². The minimum Gasteiger partial charge on any atom is -0.347 e. The van der Waals surface area contributed by atoms with E-state index in [1.165, 1.54) is 5.56 Å². The summed E-state index contributed by atoms with van der Waals surface area (Å²) < 4.78 is 0. The standard InChI is InChI=1S/C22H25N3O/c1-7-14-10-11-17(13(4)12-14)18-20-19(23-22(24-20)25(5)6)15(8-2)16(9-3)21(18)26/h8-12H,7H2,1-6H3/b15-8+,16-9+. The highest BCUT2D eigenvalue weighted by Crippen LogP contribution is 2.38. The molecule has 0 aromatic heterocycles. The molecule has 0 amide bonds. The number of nitrogens with zero attached hydrogens (tertiary/aromatic N) is 3. The van der Waals surface area contributed by atoms with Crippen LogP contribution in [0.25, 0.3) is 5.57 Å². The van der Waals surface area contributed by atoms with E-state index in [4.69, 9.17) is 9.98 Å². The average molecular weight is 347 g/mol. The molecular formula is C22H25N3O. The Morgan fingerprint density at radius 2 is 1.77 bits per heavy atom. The van der Waals surface area contributed by atoms with Crippen LogP contribution >= 0.6 is 0 Å². The van der Waals surface area contributed by atoms with Crippen molar-refractivity contribution >= 4 is 23.0 Å². The van der Waals surface area contributed by atoms with Gasteiger partial charge >= 0.3 is 0 Å². The fraction of sp³-hybridized carbons (Fsp3) is 0.318. The fourth-order valence-electron chi connectivity index (χ4n) is 3.44. The second-order valence-electron chi connectivity index (χ2n) is 6.73. The van der Waals surface area contributed by atoms with E-state index in [0.29, 0.717) is 22.8 Å². The predicted octanol–water partition coefficient (Wildman–Crippen LogP) is 4.12. The molecule has 3 rings (SSSR count). The minimum atomic E-state index is 0.0191. The maximum atomic E-state index is 13.3. The Labute approximate surface area is 155 Å². The Kier molecular flexibility index (Phi) is 4.77. The zero-order valence-electron chi connectivity index (χ0n) is 16.3. The van der Waals surface area contributed by atoms with Crippen LogP contribution in [-0.4, -0.2) is 36.4 Å². The Morgan fingerprint density at radius 3 is 2.31 bits per heavy atom. The third-order valence-electron chi connectivity index (χ3n) is 4.85. The van der Waals surface area contributed by atoms with Crippen molar-refractivity contribution in [2.45, 2.75) is 34.1 Å². The molecule has 1 heterocycles. The Bertz CT molecular complexity index is 940. The van der Waals surface area contributed by atoms with Gasteiger partial charge < -0.3 is 4.90 Å². The average Bonchev–Trinajstić information content (AvgIpc) is 3.06. The highest BCUT2D eigenvalue weighted by molar-refractivity contribution is 6.45. The van der Waals surface area contributed by atoms with Crippen LogP contribution in [0.2, 0.25) is 0 Å². The zero-order valence-corrected chi connectivity index (χ0v) is 16.3. The van der Waals surface area contributed by atoms with E-state index in [1.807, 2.05) is 51.1 Å². The maximum absolute atomic E-state index is 13.3. The summed E-state index contributed by atoms with van der Waals surface area (Å²) >= 11 is 0. The number of rotatable bonds is 2. The summed E-state index contributed by atoms with van der Waals surface area (Å²) in [5.74, 6) is 0.644. The molecule has 1 aliphatic carbocycles. The normalized spacial score (nSPS) is 19.8. The molecular weight excluding hydrogens is 322 g/mol. The lowest BCUT2D eigenvalue weighted by Crippen LogP contribution is -2.23. The summed E-state index contributed by atoms with van der Waals surface area (Å²) in [7, 11) is 3.82. The molecule has 0 unspecified atom stereocenters. The number of carbonyl (C=O) groups excluding carboxylic acids is 1. The minimum absolute atomic E-state index is 0.0191. The quantitative estimate of drug-likeness (QED) is 0.756. The van der Waals surface area contributed by atoms with Crippen LogP contribution in [0.15, 0.2) is 57.2 Å². The summed E-state index contributed by atoms with van der Waals surface area (Å²) in [6, 6.07) is 6.29. The number of benzene rings is 1. The van der Waals surface area contributed by atoms with E-state index in [9.17, 15) is 4.79 Å². The van der Waals surface area contributed by atoms with Crippen LogP contribution in [0.5, 0.6) is 0 Å². The number of fused-ring (bicyclic) bond motifs is 1. The van der Waals surface area contributed by atoms with Gasteiger partial charge in [-0.15, -0.1) is 0 Å². The van der Waals surface area contributed by atoms with Gasteiger partial charge in [0.2, 0.25) is 5.96 Å². The van der Waals surface area contributed by atoms with Crippen LogP contribution < -0.4 is 0 Å². The van der Waals surface area contributed by atoms with E-state index in [-0.39, 0.29) is 5.78 Å². The lowest BCUT2D eigenvalue weighted by atomic mass is 9.80. The van der Waals surface area contributed by atoms with Crippen LogP contribution in [0.4, 0.5) is 0 Å². The molecule has 0 fully saturated rings. The van der Waals surface area contributed by atoms with Crippen LogP contribution in [0, 0.1) is 6.92 Å². The van der Waals surface area contributed by atoms with Gasteiger partial charge in [-0.05, 0) is 43.9 Å². The van der Waals surface area contributed by atoms with Gasteiger partial charge in [-0.25, -0.2) is 9.98 Å². The molecule has 1 aromatic rings. The van der Waals surface area contributed by atoms with Crippen molar-refractivity contribution in [1.82, 2.24) is 4.90 Å². The molecule has 26 heavy (non-hydrogen) atoms. The number of hydrogen-bond acceptors (Lipinski definition) is 4. The second-order valence-corrected chi connectivity index (χ2v) is 6.73. The van der Waals surface area contributed by atoms with Gasteiger partial charge in [0.15, 0.2) is 5.78 Å². The monoisotopic (exact) mass is 347 g/mol. The Hall–Kier alpha value is -2.75. The van der Waals surface area contributed by atoms with Crippen molar-refractivity contribution in [2.24, 2.45) is 9.98 Å². The lowest BCUT2D eigenvalue weighted by molar-refractivity contribution is -0.110. The van der Waals surface area contributed by atoms with Gasteiger partial charge in [0, 0.05) is 25.2 Å². The van der Waals surface area contributed by atoms with E-state index in [1.54, 1.807) is 0 Å². The number of ketones is 1. The first-order valence-electron chi connectivity index (χ1n) is 9.00. The van der Waals surface area contributed by atoms with Crippen molar-refractivity contribution in [3.05, 3.63) is 63.9 Å². The molecule has 0 N–H and O–H groups in total. The molecule has 0 saturated carbocycles. The number of allylic oxidation sites excluding steroid dienone is 5. The first kappa shape index (κ1) is 18.1. The largest absolute Gasteiger partial charge is 0.347 e. The Morgan fingerprint density at radius 1 is 1.08 bits per heavy atom. The van der Waals surface area contributed by atoms with Gasteiger partial charge in [-0.3, -0.25) is 4.79 Å². The van der Waals surface area contributed by atoms with E-state index in [0.717, 1.165) is 28.8 Å². The number of Topliss-reactive ketones (excluding diaryl/α,β-unsaturated/α-hetero) is 1. The maximum Gasteiger partial charge on any atom is 0.226 e. The van der Waals surface area contributed by atoms with Crippen molar-refractivity contribution in [3.63, 3.8) is 0 Å². The predicted molar refractivity (Wildman–Crippen MR) is 109 cm³/mol. The third-order valence-corrected chi connectivity index (χ3v) is 4.85. The molecule has 1 aromatic carbocycles. The third kappa shape index (κ3) is 2.75. The topological polar surface area (TPSA) is 45.0 Å². The number of hydrogen-bond donors (Lipinski definition) is 0. The Balaban J connectivity index is 2.33. The molecule has 1 aliphatic heterocycles. The molecule has 0 saturated heterocycles. The molecule has 0 spiro atoms. The van der Waals surface area contributed by atoms with E-state index >= 15 is 0 Å². The van der Waals surface area contributed by atoms with Gasteiger partial charge in [0.05, 0.1) is 5.57 Å². The van der Waals surface area contributed by atoms with Crippen molar-refractivity contribution in [1.29, 1.82) is 0 Å². The summed E-state index contributed by atoms with van der Waals surface area (Å²) in [5.41, 5.74) is 6.97. The molecule has 0 radical (unpaired) electrons. The van der Waals surface area contributed by atoms with Crippen LogP contribution in [0.1, 0.15) is 37.5 Å². The van der Waals surface area contributed by atoms with Gasteiger partial charge in [-0.1, -0.05) is 37.3 Å². The molecule has 0 atom stereocenters. The van der Waals surface area contributed by atoms with Gasteiger partial charge in [0.1, 0.15) is 11.4 Å². The molecule has 134 valence electrons. The van der Waals surface area contributed by atoms with Gasteiger partial charge in [0.25, 0.3) is 0 Å². The first-order chi connectivity index (χ1) is 12.4. The lowest BCUT2D eigenvalue weighted by Gasteiger charge is -2.22. The summed E-state index contributed by atoms with van der Waals surface area (Å²) in [4.78, 5) is 24.6. The smallest absolute Gasteiger partial charge is 0.226 e. The summed E-state index contributed by atoms with van der Waals surface area (Å²) in [6.07, 6.45) is 4.80. The van der Waals surface area contributed by atoms with E-state index in [2.05, 4.69) is 26.0 Å². The van der Waals surface area contributed by atoms with Crippen molar-refractivity contribution < 1.29 is 4.79 Å². The first-order valence-corrected chi connectivity index (χ1v) is 9.00. The molecule has 4 nitrogen and oxygen atoms in total. The van der Waals surface area contributed by atoms with Gasteiger partial charge in [-0.2, -0.15) is 0 Å². The van der Waals surface area contributed by atoms with Crippen molar-refractivity contribution in [2.75, 3.05) is 14.1 Å². The summed E-state index contributed by atoms with van der Waals surface area (Å²) in [6.45, 7) is 8.02. The molecule has 2 aliphatic rings. The molecule has 4 heteroatoms. The second kappa shape index (κ2) is 6.87. The number of guanidine groups is 1. The summed E-state index contributed by atoms with van der Waals surface area (Å²) in [5, 5.41) is 0.